The first-order valence-electron chi connectivity index (χ1n) is 4.82. The van der Waals surface area contributed by atoms with Crippen molar-refractivity contribution in [2.24, 2.45) is 5.73 Å². The molecule has 0 spiro atoms. The molecule has 0 saturated carbocycles. The Kier molecular flexibility index (Phi) is 3.55. The van der Waals surface area contributed by atoms with Gasteiger partial charge < -0.3 is 15.5 Å². The number of fused-ring (bicyclic) bond motifs is 1. The van der Waals surface area contributed by atoms with Gasteiger partial charge in [0.05, 0.1) is 13.4 Å². The molecule has 2 heterocycles. The van der Waals surface area contributed by atoms with E-state index in [2.05, 4.69) is 24.7 Å². The third kappa shape index (κ3) is 2.53. The molecule has 0 amide bonds. The lowest BCUT2D eigenvalue weighted by molar-refractivity contribution is -0.141. The van der Waals surface area contributed by atoms with Gasteiger partial charge in [0.15, 0.2) is 5.65 Å². The van der Waals surface area contributed by atoms with Gasteiger partial charge in [-0.2, -0.15) is 0 Å². The number of hydrogen-bond donors (Lipinski definition) is 2. The van der Waals surface area contributed by atoms with Crippen molar-refractivity contribution in [3.05, 3.63) is 12.7 Å². The number of H-pyrrole nitrogens is 1. The first-order valence-corrected chi connectivity index (χ1v) is 5.81. The minimum absolute atomic E-state index is 0.387. The Balaban J connectivity index is 2.09. The van der Waals surface area contributed by atoms with Crippen LogP contribution >= 0.6 is 11.8 Å². The van der Waals surface area contributed by atoms with Crippen LogP contribution in [-0.2, 0) is 9.53 Å². The molecule has 2 aromatic rings. The van der Waals surface area contributed by atoms with Gasteiger partial charge in [0.1, 0.15) is 22.9 Å². The van der Waals surface area contributed by atoms with Crippen LogP contribution in [0.4, 0.5) is 0 Å². The van der Waals surface area contributed by atoms with E-state index in [1.807, 2.05) is 0 Å². The summed E-state index contributed by atoms with van der Waals surface area (Å²) in [6, 6.07) is -0.669. The quantitative estimate of drug-likeness (QED) is 0.446. The third-order valence-corrected chi connectivity index (χ3v) is 3.20. The lowest BCUT2D eigenvalue weighted by atomic mass is 10.4. The maximum absolute atomic E-state index is 11.1. The maximum atomic E-state index is 11.1. The average Bonchev–Trinajstić information content (AvgIpc) is 2.83. The SMILES string of the molecule is COC(=O)[C@@H](N)CSc1ncnc2nc[nH]c12. The summed E-state index contributed by atoms with van der Waals surface area (Å²) in [5.41, 5.74) is 6.97. The number of aromatic amines is 1. The second kappa shape index (κ2) is 5.11. The van der Waals surface area contributed by atoms with Gasteiger partial charge in [0.2, 0.25) is 0 Å². The fraction of sp³-hybridized carbons (Fsp3) is 0.333. The smallest absolute Gasteiger partial charge is 0.323 e. The van der Waals surface area contributed by atoms with Gasteiger partial charge in [0.25, 0.3) is 0 Å². The minimum atomic E-state index is -0.669. The zero-order valence-electron chi connectivity index (χ0n) is 9.08. The maximum Gasteiger partial charge on any atom is 0.323 e. The normalized spacial score (nSPS) is 12.6. The molecule has 0 aliphatic heterocycles. The first kappa shape index (κ1) is 11.8. The highest BCUT2D eigenvalue weighted by atomic mass is 32.2. The fourth-order valence-electron chi connectivity index (χ4n) is 1.24. The van der Waals surface area contributed by atoms with Crippen LogP contribution in [-0.4, -0.2) is 44.8 Å². The molecular formula is C9H11N5O2S. The first-order chi connectivity index (χ1) is 8.22. The highest BCUT2D eigenvalue weighted by Gasteiger charge is 2.15. The van der Waals surface area contributed by atoms with Gasteiger partial charge in [-0.15, -0.1) is 11.8 Å². The summed E-state index contributed by atoms with van der Waals surface area (Å²) in [4.78, 5) is 26.2. The van der Waals surface area contributed by atoms with Crippen molar-refractivity contribution >= 4 is 28.9 Å². The predicted octanol–water partition coefficient (Wildman–Crippen LogP) is -0.0547. The Morgan fingerprint density at radius 3 is 3.18 bits per heavy atom. The summed E-state index contributed by atoms with van der Waals surface area (Å²) in [6.45, 7) is 0. The van der Waals surface area contributed by atoms with Crippen LogP contribution in [0.1, 0.15) is 0 Å². The van der Waals surface area contributed by atoms with Crippen LogP contribution in [0.15, 0.2) is 17.7 Å². The van der Waals surface area contributed by atoms with Gasteiger partial charge in [-0.3, -0.25) is 4.79 Å². The van der Waals surface area contributed by atoms with Crippen molar-refractivity contribution < 1.29 is 9.53 Å². The number of thioether (sulfide) groups is 1. The Labute approximate surface area is 101 Å². The summed E-state index contributed by atoms with van der Waals surface area (Å²) >= 11 is 1.36. The Bertz CT molecular complexity index is 529. The fourth-order valence-corrected chi connectivity index (χ4v) is 2.13. The molecule has 2 aromatic heterocycles. The molecule has 90 valence electrons. The zero-order valence-corrected chi connectivity index (χ0v) is 9.90. The largest absolute Gasteiger partial charge is 0.468 e. The highest BCUT2D eigenvalue weighted by Crippen LogP contribution is 2.22. The van der Waals surface area contributed by atoms with Crippen LogP contribution in [0.5, 0.6) is 0 Å². The molecule has 17 heavy (non-hydrogen) atoms. The molecule has 3 N–H and O–H groups in total. The van der Waals surface area contributed by atoms with E-state index in [4.69, 9.17) is 5.73 Å². The monoisotopic (exact) mass is 253 g/mol. The Morgan fingerprint density at radius 2 is 2.41 bits per heavy atom. The number of hydrogen-bond acceptors (Lipinski definition) is 7. The Hall–Kier alpha value is -1.67. The number of ether oxygens (including phenoxy) is 1. The minimum Gasteiger partial charge on any atom is -0.468 e. The van der Waals surface area contributed by atoms with Crippen LogP contribution < -0.4 is 5.73 Å². The highest BCUT2D eigenvalue weighted by molar-refractivity contribution is 7.99. The topological polar surface area (TPSA) is 107 Å². The molecule has 7 nitrogen and oxygen atoms in total. The van der Waals surface area contributed by atoms with Crippen molar-refractivity contribution in [3.8, 4) is 0 Å². The molecule has 1 atom stereocenters. The number of nitrogens with two attached hydrogens (primary N) is 1. The van der Waals surface area contributed by atoms with Crippen molar-refractivity contribution in [1.82, 2.24) is 19.9 Å². The lowest BCUT2D eigenvalue weighted by Gasteiger charge is -2.07. The van der Waals surface area contributed by atoms with E-state index in [9.17, 15) is 4.79 Å². The van der Waals surface area contributed by atoms with E-state index < -0.39 is 12.0 Å². The molecule has 0 radical (unpaired) electrons. The number of nitrogens with zero attached hydrogens (tertiary/aromatic N) is 3. The van der Waals surface area contributed by atoms with Crippen LogP contribution in [0.25, 0.3) is 11.2 Å². The van der Waals surface area contributed by atoms with E-state index in [1.165, 1.54) is 25.2 Å². The number of methoxy groups -OCH3 is 1. The van der Waals surface area contributed by atoms with Crippen LogP contribution in [0.2, 0.25) is 0 Å². The lowest BCUT2D eigenvalue weighted by Crippen LogP contribution is -2.33. The van der Waals surface area contributed by atoms with E-state index in [0.717, 1.165) is 5.52 Å². The van der Waals surface area contributed by atoms with Crippen molar-refractivity contribution in [3.63, 3.8) is 0 Å². The summed E-state index contributed by atoms with van der Waals surface area (Å²) in [6.07, 6.45) is 2.97. The number of rotatable bonds is 4. The molecule has 0 fully saturated rings. The van der Waals surface area contributed by atoms with E-state index in [0.29, 0.717) is 16.4 Å². The second-order valence-corrected chi connectivity index (χ2v) is 4.23. The zero-order chi connectivity index (χ0) is 12.3. The molecule has 0 unspecified atom stereocenters. The molecule has 0 saturated heterocycles. The number of nitrogens with one attached hydrogen (secondary N) is 1. The van der Waals surface area contributed by atoms with Crippen molar-refractivity contribution in [2.75, 3.05) is 12.9 Å². The van der Waals surface area contributed by atoms with Crippen LogP contribution in [0, 0.1) is 0 Å². The number of aromatic nitrogens is 4. The van der Waals surface area contributed by atoms with E-state index in [-0.39, 0.29) is 0 Å². The van der Waals surface area contributed by atoms with Gasteiger partial charge in [-0.1, -0.05) is 0 Å². The van der Waals surface area contributed by atoms with Crippen molar-refractivity contribution in [1.29, 1.82) is 0 Å². The summed E-state index contributed by atoms with van der Waals surface area (Å²) in [5, 5.41) is 0.715. The summed E-state index contributed by atoms with van der Waals surface area (Å²) < 4.78 is 4.54. The molecule has 2 rings (SSSR count). The Morgan fingerprint density at radius 1 is 1.59 bits per heavy atom. The van der Waals surface area contributed by atoms with E-state index in [1.54, 1.807) is 6.33 Å². The predicted molar refractivity (Wildman–Crippen MR) is 62.4 cm³/mol. The number of esters is 1. The van der Waals surface area contributed by atoms with Crippen LogP contribution in [0.3, 0.4) is 0 Å². The molecular weight excluding hydrogens is 242 g/mol. The van der Waals surface area contributed by atoms with Gasteiger partial charge in [-0.25, -0.2) is 15.0 Å². The van der Waals surface area contributed by atoms with Gasteiger partial charge >= 0.3 is 5.97 Å². The average molecular weight is 253 g/mol. The van der Waals surface area contributed by atoms with Crippen molar-refractivity contribution in [2.45, 2.75) is 11.1 Å². The standard InChI is InChI=1S/C9H11N5O2S/c1-16-9(15)5(10)2-17-8-6-7(12-3-11-6)13-4-14-8/h3-5H,2,10H2,1H3,(H,11,12,13,14)/t5-/m0/s1. The summed E-state index contributed by atoms with van der Waals surface area (Å²) in [5.74, 6) is -0.0509. The number of imidazole rings is 1. The summed E-state index contributed by atoms with van der Waals surface area (Å²) in [7, 11) is 1.31. The molecule has 0 bridgehead atoms. The molecule has 8 heteroatoms. The second-order valence-electron chi connectivity index (χ2n) is 3.22. The van der Waals surface area contributed by atoms with Gasteiger partial charge in [0, 0.05) is 5.75 Å². The number of carbonyl (C=O) groups excluding carboxylic acids is 1. The van der Waals surface area contributed by atoms with Gasteiger partial charge in [-0.05, 0) is 0 Å². The molecule has 0 aliphatic rings. The van der Waals surface area contributed by atoms with E-state index >= 15 is 0 Å². The third-order valence-electron chi connectivity index (χ3n) is 2.09. The molecule has 0 aliphatic carbocycles. The molecule has 0 aromatic carbocycles. The number of carbonyl (C=O) groups is 1.